The fourth-order valence-electron chi connectivity index (χ4n) is 3.43. The molecule has 0 saturated heterocycles. The number of allylic oxidation sites excluding steroid dienone is 1. The molecule has 3 aromatic rings. The highest BCUT2D eigenvalue weighted by atomic mass is 19.1. The first kappa shape index (κ1) is 16.7. The molecule has 1 aliphatic carbocycles. The number of fused-ring (bicyclic) bond motifs is 1. The number of halogens is 1. The van der Waals surface area contributed by atoms with Gasteiger partial charge in [0, 0.05) is 6.54 Å². The Hall–Kier alpha value is -2.76. The number of nitrogens with zero attached hydrogens (tertiary/aromatic N) is 4. The van der Waals surface area contributed by atoms with Gasteiger partial charge in [0.25, 0.3) is 0 Å². The van der Waals surface area contributed by atoms with E-state index < -0.39 is 0 Å². The molecule has 0 saturated carbocycles. The van der Waals surface area contributed by atoms with Gasteiger partial charge < -0.3 is 5.32 Å². The SMILES string of the molecule is Fc1ccccc1-n1ncc2c(NCCC3=CCCCCC3)ncnc21. The Balaban J connectivity index is 1.53. The predicted molar refractivity (Wildman–Crippen MR) is 101 cm³/mol. The molecule has 0 spiro atoms. The highest BCUT2D eigenvalue weighted by molar-refractivity contribution is 5.87. The summed E-state index contributed by atoms with van der Waals surface area (Å²) in [6.45, 7) is 0.822. The van der Waals surface area contributed by atoms with Crippen LogP contribution in [0.1, 0.15) is 38.5 Å². The zero-order chi connectivity index (χ0) is 17.8. The van der Waals surface area contributed by atoms with Crippen LogP contribution >= 0.6 is 0 Å². The number of nitrogens with one attached hydrogen (secondary N) is 1. The summed E-state index contributed by atoms with van der Waals surface area (Å²) in [5.41, 5.74) is 2.51. The molecule has 134 valence electrons. The first-order valence-corrected chi connectivity index (χ1v) is 9.18. The van der Waals surface area contributed by atoms with E-state index in [0.29, 0.717) is 11.3 Å². The topological polar surface area (TPSA) is 55.6 Å². The van der Waals surface area contributed by atoms with Crippen LogP contribution in [0, 0.1) is 5.82 Å². The molecule has 26 heavy (non-hydrogen) atoms. The van der Waals surface area contributed by atoms with Crippen molar-refractivity contribution in [2.45, 2.75) is 38.5 Å². The van der Waals surface area contributed by atoms with Gasteiger partial charge in [-0.1, -0.05) is 30.2 Å². The third-order valence-electron chi connectivity index (χ3n) is 4.82. The second-order valence-corrected chi connectivity index (χ2v) is 6.61. The molecule has 6 heteroatoms. The molecule has 1 aromatic carbocycles. The molecule has 0 unspecified atom stereocenters. The van der Waals surface area contributed by atoms with E-state index in [0.717, 1.165) is 24.2 Å². The van der Waals surface area contributed by atoms with E-state index in [1.165, 1.54) is 54.8 Å². The third kappa shape index (κ3) is 3.45. The standard InChI is InChI=1S/C20H22FN5/c21-17-9-5-6-10-18(17)26-20-16(13-25-26)19(23-14-24-20)22-12-11-15-7-3-1-2-4-8-15/h5-7,9-10,13-14H,1-4,8,11-12H2,(H,22,23,24). The zero-order valence-corrected chi connectivity index (χ0v) is 14.7. The number of hydrogen-bond acceptors (Lipinski definition) is 4. The van der Waals surface area contributed by atoms with Crippen molar-refractivity contribution in [3.63, 3.8) is 0 Å². The van der Waals surface area contributed by atoms with Crippen molar-refractivity contribution in [2.24, 2.45) is 0 Å². The van der Waals surface area contributed by atoms with Crippen molar-refractivity contribution < 1.29 is 4.39 Å². The number of aromatic nitrogens is 4. The Morgan fingerprint density at radius 3 is 2.96 bits per heavy atom. The molecule has 0 fully saturated rings. The first-order valence-electron chi connectivity index (χ1n) is 9.18. The van der Waals surface area contributed by atoms with Gasteiger partial charge in [-0.25, -0.2) is 19.0 Å². The van der Waals surface area contributed by atoms with Gasteiger partial charge in [0.15, 0.2) is 5.65 Å². The normalized spacial score (nSPS) is 14.9. The first-order chi connectivity index (χ1) is 12.8. The Morgan fingerprint density at radius 2 is 2.04 bits per heavy atom. The Kier molecular flexibility index (Phi) is 4.91. The van der Waals surface area contributed by atoms with Gasteiger partial charge in [-0.15, -0.1) is 0 Å². The fourth-order valence-corrected chi connectivity index (χ4v) is 3.43. The van der Waals surface area contributed by atoms with Crippen molar-refractivity contribution in [1.29, 1.82) is 0 Å². The van der Waals surface area contributed by atoms with Crippen molar-refractivity contribution in [1.82, 2.24) is 19.7 Å². The molecule has 0 aliphatic heterocycles. The van der Waals surface area contributed by atoms with E-state index in [9.17, 15) is 4.39 Å². The maximum atomic E-state index is 14.1. The number of benzene rings is 1. The van der Waals surface area contributed by atoms with E-state index in [2.05, 4.69) is 26.5 Å². The van der Waals surface area contributed by atoms with Crippen LogP contribution in [0.25, 0.3) is 16.7 Å². The molecule has 0 atom stereocenters. The van der Waals surface area contributed by atoms with Crippen LogP contribution in [0.3, 0.4) is 0 Å². The van der Waals surface area contributed by atoms with Crippen molar-refractivity contribution in [3.05, 3.63) is 54.3 Å². The van der Waals surface area contributed by atoms with E-state index >= 15 is 0 Å². The lowest BCUT2D eigenvalue weighted by molar-refractivity contribution is 0.612. The average molecular weight is 351 g/mol. The van der Waals surface area contributed by atoms with Gasteiger partial charge in [-0.3, -0.25) is 0 Å². The van der Waals surface area contributed by atoms with Crippen LogP contribution in [0.5, 0.6) is 0 Å². The van der Waals surface area contributed by atoms with Gasteiger partial charge in [-0.2, -0.15) is 5.10 Å². The summed E-state index contributed by atoms with van der Waals surface area (Å²) in [5, 5.41) is 8.51. The van der Waals surface area contributed by atoms with Gasteiger partial charge in [0.05, 0.1) is 11.6 Å². The van der Waals surface area contributed by atoms with E-state index in [-0.39, 0.29) is 5.82 Å². The minimum atomic E-state index is -0.328. The molecule has 1 aliphatic rings. The lowest BCUT2D eigenvalue weighted by Gasteiger charge is -2.09. The van der Waals surface area contributed by atoms with Gasteiger partial charge >= 0.3 is 0 Å². The third-order valence-corrected chi connectivity index (χ3v) is 4.82. The van der Waals surface area contributed by atoms with E-state index in [1.807, 2.05) is 0 Å². The van der Waals surface area contributed by atoms with Crippen molar-refractivity contribution in [2.75, 3.05) is 11.9 Å². The maximum Gasteiger partial charge on any atom is 0.168 e. The van der Waals surface area contributed by atoms with Crippen LogP contribution in [0.2, 0.25) is 0 Å². The molecule has 0 amide bonds. The second kappa shape index (κ2) is 7.64. The van der Waals surface area contributed by atoms with E-state index in [1.54, 1.807) is 24.4 Å². The van der Waals surface area contributed by atoms with Gasteiger partial charge in [0.2, 0.25) is 0 Å². The predicted octanol–water partition coefficient (Wildman–Crippen LogP) is 4.65. The smallest absolute Gasteiger partial charge is 0.168 e. The second-order valence-electron chi connectivity index (χ2n) is 6.61. The molecular formula is C20H22FN5. The summed E-state index contributed by atoms with van der Waals surface area (Å²) in [4.78, 5) is 8.65. The van der Waals surface area contributed by atoms with Crippen LogP contribution in [0.4, 0.5) is 10.2 Å². The molecule has 5 nitrogen and oxygen atoms in total. The van der Waals surface area contributed by atoms with Gasteiger partial charge in [-0.05, 0) is 44.2 Å². The van der Waals surface area contributed by atoms with Crippen LogP contribution in [-0.4, -0.2) is 26.3 Å². The average Bonchev–Trinajstić information content (AvgIpc) is 2.91. The Labute approximate surface area is 152 Å². The minimum Gasteiger partial charge on any atom is -0.369 e. The van der Waals surface area contributed by atoms with E-state index in [4.69, 9.17) is 0 Å². The maximum absolute atomic E-state index is 14.1. The highest BCUT2D eigenvalue weighted by Crippen LogP contribution is 2.24. The molecule has 4 rings (SSSR count). The molecule has 2 heterocycles. The van der Waals surface area contributed by atoms with Gasteiger partial charge in [0.1, 0.15) is 23.6 Å². The highest BCUT2D eigenvalue weighted by Gasteiger charge is 2.13. The lowest BCUT2D eigenvalue weighted by Crippen LogP contribution is -2.06. The molecule has 0 bridgehead atoms. The number of hydrogen-bond donors (Lipinski definition) is 1. The van der Waals surface area contributed by atoms with Crippen molar-refractivity contribution in [3.8, 4) is 5.69 Å². The summed E-state index contributed by atoms with van der Waals surface area (Å²) in [7, 11) is 0. The Morgan fingerprint density at radius 1 is 1.12 bits per heavy atom. The molecule has 1 N–H and O–H groups in total. The summed E-state index contributed by atoms with van der Waals surface area (Å²) in [6, 6.07) is 6.56. The summed E-state index contributed by atoms with van der Waals surface area (Å²) in [5.74, 6) is 0.415. The summed E-state index contributed by atoms with van der Waals surface area (Å²) < 4.78 is 15.6. The van der Waals surface area contributed by atoms with Crippen LogP contribution < -0.4 is 5.32 Å². The summed E-state index contributed by atoms with van der Waals surface area (Å²) in [6.07, 6.45) is 12.9. The fraction of sp³-hybridized carbons (Fsp3) is 0.350. The summed E-state index contributed by atoms with van der Waals surface area (Å²) >= 11 is 0. The van der Waals surface area contributed by atoms with Crippen LogP contribution in [0.15, 0.2) is 48.4 Å². The molecule has 2 aromatic heterocycles. The largest absolute Gasteiger partial charge is 0.369 e. The number of para-hydroxylation sites is 1. The lowest BCUT2D eigenvalue weighted by atomic mass is 10.1. The Bertz CT molecular complexity index is 931. The number of rotatable bonds is 5. The van der Waals surface area contributed by atoms with Crippen molar-refractivity contribution >= 4 is 16.9 Å². The van der Waals surface area contributed by atoms with Crippen LogP contribution in [-0.2, 0) is 0 Å². The zero-order valence-electron chi connectivity index (χ0n) is 14.7. The minimum absolute atomic E-state index is 0.328. The molecule has 0 radical (unpaired) electrons. The monoisotopic (exact) mass is 351 g/mol. The number of anilines is 1. The molecular weight excluding hydrogens is 329 g/mol. The quantitative estimate of drug-likeness (QED) is 0.680.